The number of hydrogen-bond acceptors (Lipinski definition) is 5. The van der Waals surface area contributed by atoms with Gasteiger partial charge in [-0.2, -0.15) is 5.26 Å². The highest BCUT2D eigenvalue weighted by Crippen LogP contribution is 2.25. The molecule has 6 heteroatoms. The van der Waals surface area contributed by atoms with Gasteiger partial charge in [0, 0.05) is 25.9 Å². The molecule has 120 valence electrons. The zero-order valence-corrected chi connectivity index (χ0v) is 13.7. The molecule has 1 fully saturated rings. The Bertz CT molecular complexity index is 842. The van der Waals surface area contributed by atoms with Crippen LogP contribution >= 0.6 is 0 Å². The highest BCUT2D eigenvalue weighted by molar-refractivity contribution is 5.76. The number of aryl methyl sites for hydroxylation is 1. The number of ether oxygens (including phenoxy) is 1. The zero-order valence-electron chi connectivity index (χ0n) is 13.7. The van der Waals surface area contributed by atoms with Crippen LogP contribution in [0.5, 0.6) is 0 Å². The Morgan fingerprint density at radius 2 is 2.04 bits per heavy atom. The Hall–Kier alpha value is -2.39. The topological polar surface area (TPSA) is 71.2 Å². The van der Waals surface area contributed by atoms with Gasteiger partial charge >= 0.3 is 0 Å². The number of methoxy groups -OCH3 is 1. The van der Waals surface area contributed by atoms with Crippen LogP contribution in [-0.4, -0.2) is 35.5 Å². The Morgan fingerprint density at radius 3 is 2.65 bits per heavy atom. The van der Waals surface area contributed by atoms with Crippen LogP contribution in [0.3, 0.4) is 0 Å². The van der Waals surface area contributed by atoms with Crippen LogP contribution in [0.2, 0.25) is 0 Å². The molecule has 0 aromatic carbocycles. The lowest BCUT2D eigenvalue weighted by molar-refractivity contribution is -0.0165. The summed E-state index contributed by atoms with van der Waals surface area (Å²) in [6.45, 7) is 5.37. The summed E-state index contributed by atoms with van der Waals surface area (Å²) < 4.78 is 7.17. The van der Waals surface area contributed by atoms with Crippen LogP contribution in [0.15, 0.2) is 23.0 Å². The molecule has 1 saturated heterocycles. The van der Waals surface area contributed by atoms with E-state index in [-0.39, 0.29) is 16.7 Å². The number of piperidine rings is 1. The first-order chi connectivity index (χ1) is 11.0. The molecular formula is C17H20N4O2. The normalized spacial score (nSPS) is 17.2. The third kappa shape index (κ3) is 2.68. The summed E-state index contributed by atoms with van der Waals surface area (Å²) in [5.41, 5.74) is 1.94. The van der Waals surface area contributed by atoms with Crippen molar-refractivity contribution in [2.24, 2.45) is 0 Å². The fourth-order valence-corrected chi connectivity index (χ4v) is 3.01. The first-order valence-corrected chi connectivity index (χ1v) is 7.71. The molecule has 6 nitrogen and oxygen atoms in total. The number of nitriles is 1. The number of fused-ring (bicyclic) bond motifs is 1. The van der Waals surface area contributed by atoms with E-state index in [0.717, 1.165) is 24.1 Å². The van der Waals surface area contributed by atoms with Gasteiger partial charge in [0.25, 0.3) is 5.56 Å². The zero-order chi connectivity index (χ0) is 16.6. The van der Waals surface area contributed by atoms with Crippen molar-refractivity contribution in [1.29, 1.82) is 5.26 Å². The highest BCUT2D eigenvalue weighted by atomic mass is 16.5. The van der Waals surface area contributed by atoms with Crippen molar-refractivity contribution in [3.63, 3.8) is 0 Å². The van der Waals surface area contributed by atoms with E-state index in [1.54, 1.807) is 17.9 Å². The van der Waals surface area contributed by atoms with Crippen molar-refractivity contribution in [1.82, 2.24) is 9.66 Å². The Balaban J connectivity index is 2.12. The Morgan fingerprint density at radius 1 is 1.35 bits per heavy atom. The fourth-order valence-electron chi connectivity index (χ4n) is 3.01. The fraction of sp³-hybridized carbons (Fsp3) is 0.471. The van der Waals surface area contributed by atoms with Crippen molar-refractivity contribution in [3.05, 3.63) is 39.8 Å². The summed E-state index contributed by atoms with van der Waals surface area (Å²) in [5.74, 6) is 0. The molecule has 1 aliphatic rings. The molecule has 1 aliphatic heterocycles. The second-order valence-electron chi connectivity index (χ2n) is 6.25. The number of aromatic nitrogens is 2. The summed E-state index contributed by atoms with van der Waals surface area (Å²) in [5, 5.41) is 11.3. The summed E-state index contributed by atoms with van der Waals surface area (Å²) >= 11 is 0. The predicted octanol–water partition coefficient (Wildman–Crippen LogP) is 1.71. The minimum absolute atomic E-state index is 0.121. The molecule has 0 N–H and O–H groups in total. The number of pyridine rings is 2. The molecule has 0 amide bonds. The van der Waals surface area contributed by atoms with Gasteiger partial charge in [-0.1, -0.05) is 0 Å². The van der Waals surface area contributed by atoms with E-state index in [4.69, 9.17) is 4.74 Å². The van der Waals surface area contributed by atoms with Crippen LogP contribution in [-0.2, 0) is 4.74 Å². The smallest absolute Gasteiger partial charge is 0.287 e. The third-order valence-electron chi connectivity index (χ3n) is 4.67. The largest absolute Gasteiger partial charge is 0.378 e. The Kier molecular flexibility index (Phi) is 3.82. The van der Waals surface area contributed by atoms with Crippen LogP contribution in [0.1, 0.15) is 31.0 Å². The second-order valence-corrected chi connectivity index (χ2v) is 6.25. The minimum atomic E-state index is -0.285. The molecule has 0 aliphatic carbocycles. The standard InChI is InChI=1S/C17H20N4O2/c1-12-4-5-15-14(19-12)10-13(11-18)16(22)21(15)20-8-6-17(2,23-3)7-9-20/h4-5,10H,6-9H2,1-3H3. The second kappa shape index (κ2) is 5.67. The molecular weight excluding hydrogens is 292 g/mol. The van der Waals surface area contributed by atoms with E-state index in [1.165, 1.54) is 0 Å². The van der Waals surface area contributed by atoms with Gasteiger partial charge in [-0.25, -0.2) is 4.68 Å². The number of nitrogens with zero attached hydrogens (tertiary/aromatic N) is 4. The summed E-state index contributed by atoms with van der Waals surface area (Å²) in [6.07, 6.45) is 1.65. The molecule has 0 radical (unpaired) electrons. The monoisotopic (exact) mass is 312 g/mol. The van der Waals surface area contributed by atoms with Crippen LogP contribution in [0.25, 0.3) is 11.0 Å². The van der Waals surface area contributed by atoms with Gasteiger partial charge < -0.3 is 9.75 Å². The lowest BCUT2D eigenvalue weighted by Crippen LogP contribution is -2.52. The van der Waals surface area contributed by atoms with Gasteiger partial charge in [-0.05, 0) is 44.9 Å². The highest BCUT2D eigenvalue weighted by Gasteiger charge is 2.31. The van der Waals surface area contributed by atoms with Gasteiger partial charge in [0.2, 0.25) is 0 Å². The molecule has 0 atom stereocenters. The molecule has 2 aromatic heterocycles. The molecule has 0 spiro atoms. The Labute approximate surface area is 134 Å². The maximum atomic E-state index is 12.7. The van der Waals surface area contributed by atoms with Gasteiger partial charge in [-0.15, -0.1) is 0 Å². The van der Waals surface area contributed by atoms with E-state index in [9.17, 15) is 10.1 Å². The van der Waals surface area contributed by atoms with Crippen molar-refractivity contribution in [2.75, 3.05) is 25.2 Å². The molecule has 23 heavy (non-hydrogen) atoms. The minimum Gasteiger partial charge on any atom is -0.378 e. The van der Waals surface area contributed by atoms with Crippen molar-refractivity contribution in [2.45, 2.75) is 32.3 Å². The van der Waals surface area contributed by atoms with E-state index in [2.05, 4.69) is 11.9 Å². The lowest BCUT2D eigenvalue weighted by atomic mass is 9.94. The van der Waals surface area contributed by atoms with E-state index in [1.807, 2.05) is 30.1 Å². The van der Waals surface area contributed by atoms with Crippen LogP contribution in [0.4, 0.5) is 0 Å². The lowest BCUT2D eigenvalue weighted by Gasteiger charge is -2.40. The SMILES string of the molecule is COC1(C)CCN(n2c(=O)c(C#N)cc3nc(C)ccc32)CC1. The molecule has 0 bridgehead atoms. The molecule has 3 rings (SSSR count). The average Bonchev–Trinajstić information content (AvgIpc) is 2.56. The first-order valence-electron chi connectivity index (χ1n) is 7.71. The van der Waals surface area contributed by atoms with Crippen LogP contribution < -0.4 is 10.6 Å². The molecule has 2 aromatic rings. The van der Waals surface area contributed by atoms with Crippen molar-refractivity contribution < 1.29 is 4.74 Å². The maximum Gasteiger partial charge on any atom is 0.287 e. The van der Waals surface area contributed by atoms with Gasteiger partial charge in [-0.3, -0.25) is 9.78 Å². The molecule has 0 unspecified atom stereocenters. The van der Waals surface area contributed by atoms with E-state index >= 15 is 0 Å². The van der Waals surface area contributed by atoms with Gasteiger partial charge in [0.05, 0.1) is 16.6 Å². The third-order valence-corrected chi connectivity index (χ3v) is 4.67. The van der Waals surface area contributed by atoms with Gasteiger partial charge in [0.15, 0.2) is 0 Å². The van der Waals surface area contributed by atoms with Crippen molar-refractivity contribution >= 4 is 11.0 Å². The maximum absolute atomic E-state index is 12.7. The summed E-state index contributed by atoms with van der Waals surface area (Å²) in [6, 6.07) is 7.34. The number of hydrogen-bond donors (Lipinski definition) is 0. The summed E-state index contributed by atoms with van der Waals surface area (Å²) in [7, 11) is 1.72. The van der Waals surface area contributed by atoms with E-state index in [0.29, 0.717) is 18.6 Å². The van der Waals surface area contributed by atoms with Crippen molar-refractivity contribution in [3.8, 4) is 6.07 Å². The average molecular weight is 312 g/mol. The van der Waals surface area contributed by atoms with Gasteiger partial charge in [0.1, 0.15) is 11.6 Å². The predicted molar refractivity (Wildman–Crippen MR) is 88.1 cm³/mol. The quantitative estimate of drug-likeness (QED) is 0.844. The molecule has 0 saturated carbocycles. The summed E-state index contributed by atoms with van der Waals surface area (Å²) in [4.78, 5) is 17.1. The molecule has 3 heterocycles. The first kappa shape index (κ1) is 15.5. The van der Waals surface area contributed by atoms with E-state index < -0.39 is 0 Å². The van der Waals surface area contributed by atoms with Crippen LogP contribution in [0, 0.1) is 18.3 Å². The number of rotatable bonds is 2.